The van der Waals surface area contributed by atoms with Crippen molar-refractivity contribution in [3.05, 3.63) is 40.6 Å². The number of nitrogens with zero attached hydrogens (tertiary/aromatic N) is 3. The minimum Gasteiger partial charge on any atom is -0.352 e. The highest BCUT2D eigenvalue weighted by molar-refractivity contribution is 7.09. The molecule has 0 amide bonds. The third-order valence-corrected chi connectivity index (χ3v) is 3.89. The van der Waals surface area contributed by atoms with Crippen molar-refractivity contribution in [3.63, 3.8) is 0 Å². The van der Waals surface area contributed by atoms with Gasteiger partial charge in [-0.15, -0.1) is 11.3 Å². The molecule has 0 saturated heterocycles. The van der Waals surface area contributed by atoms with Crippen molar-refractivity contribution in [2.24, 2.45) is 10.9 Å². The molecule has 2 heterocycles. The fourth-order valence-electron chi connectivity index (χ4n) is 2.03. The first-order valence-corrected chi connectivity index (χ1v) is 8.04. The van der Waals surface area contributed by atoms with Crippen molar-refractivity contribution in [3.8, 4) is 0 Å². The average Bonchev–Trinajstić information content (AvgIpc) is 3.10. The molecule has 0 aliphatic carbocycles. The highest BCUT2D eigenvalue weighted by atomic mass is 32.1. The SMILES string of the molecule is CN=C(NCc1cccs1)NCc1nccn1CC(C)C. The Kier molecular flexibility index (Phi) is 5.80. The van der Waals surface area contributed by atoms with E-state index in [1.54, 1.807) is 18.4 Å². The molecule has 0 fully saturated rings. The van der Waals surface area contributed by atoms with Crippen molar-refractivity contribution in [1.29, 1.82) is 0 Å². The molecule has 0 unspecified atom stereocenters. The summed E-state index contributed by atoms with van der Waals surface area (Å²) in [4.78, 5) is 9.94. The lowest BCUT2D eigenvalue weighted by Crippen LogP contribution is -2.36. The highest BCUT2D eigenvalue weighted by Crippen LogP contribution is 2.07. The molecule has 2 N–H and O–H groups in total. The summed E-state index contributed by atoms with van der Waals surface area (Å²) in [5.41, 5.74) is 0. The maximum atomic E-state index is 4.41. The van der Waals surface area contributed by atoms with E-state index in [0.717, 1.165) is 24.9 Å². The second-order valence-corrected chi connectivity index (χ2v) is 6.28. The van der Waals surface area contributed by atoms with Gasteiger partial charge in [-0.05, 0) is 17.4 Å². The maximum absolute atomic E-state index is 4.41. The molecule has 0 saturated carbocycles. The van der Waals surface area contributed by atoms with E-state index in [9.17, 15) is 0 Å². The summed E-state index contributed by atoms with van der Waals surface area (Å²) in [5.74, 6) is 2.43. The average molecular weight is 305 g/mol. The maximum Gasteiger partial charge on any atom is 0.191 e. The van der Waals surface area contributed by atoms with Gasteiger partial charge in [0.15, 0.2) is 5.96 Å². The number of nitrogens with one attached hydrogen (secondary N) is 2. The van der Waals surface area contributed by atoms with E-state index in [1.807, 2.05) is 12.4 Å². The number of thiophene rings is 1. The fourth-order valence-corrected chi connectivity index (χ4v) is 2.68. The summed E-state index contributed by atoms with van der Waals surface area (Å²) in [7, 11) is 1.78. The monoisotopic (exact) mass is 305 g/mol. The minimum absolute atomic E-state index is 0.606. The van der Waals surface area contributed by atoms with Crippen LogP contribution >= 0.6 is 11.3 Å². The van der Waals surface area contributed by atoms with Crippen LogP contribution in [0.5, 0.6) is 0 Å². The summed E-state index contributed by atoms with van der Waals surface area (Å²) < 4.78 is 2.18. The molecule has 5 nitrogen and oxygen atoms in total. The Bertz CT molecular complexity index is 556. The van der Waals surface area contributed by atoms with Gasteiger partial charge in [0.05, 0.1) is 13.1 Å². The Hall–Kier alpha value is -1.82. The van der Waals surface area contributed by atoms with Crippen LogP contribution in [0.25, 0.3) is 0 Å². The van der Waals surface area contributed by atoms with Crippen molar-refractivity contribution >= 4 is 17.3 Å². The van der Waals surface area contributed by atoms with Gasteiger partial charge < -0.3 is 15.2 Å². The van der Waals surface area contributed by atoms with Gasteiger partial charge in [0.1, 0.15) is 5.82 Å². The molecule has 21 heavy (non-hydrogen) atoms. The number of hydrogen-bond donors (Lipinski definition) is 2. The van der Waals surface area contributed by atoms with E-state index in [0.29, 0.717) is 12.5 Å². The molecule has 2 rings (SSSR count). The van der Waals surface area contributed by atoms with E-state index < -0.39 is 0 Å². The van der Waals surface area contributed by atoms with Gasteiger partial charge in [0, 0.05) is 30.9 Å². The third kappa shape index (κ3) is 4.90. The molecule has 2 aromatic heterocycles. The topological polar surface area (TPSA) is 54.2 Å². The zero-order valence-electron chi connectivity index (χ0n) is 12.8. The van der Waals surface area contributed by atoms with Crippen LogP contribution in [0.15, 0.2) is 34.9 Å². The number of hydrogen-bond acceptors (Lipinski definition) is 3. The predicted octanol–water partition coefficient (Wildman–Crippen LogP) is 2.47. The molecule has 2 aromatic rings. The van der Waals surface area contributed by atoms with Crippen LogP contribution in [0, 0.1) is 5.92 Å². The zero-order valence-corrected chi connectivity index (χ0v) is 13.7. The van der Waals surface area contributed by atoms with Crippen LogP contribution in [0.2, 0.25) is 0 Å². The lowest BCUT2D eigenvalue weighted by molar-refractivity contribution is 0.503. The Morgan fingerprint density at radius 2 is 2.19 bits per heavy atom. The van der Waals surface area contributed by atoms with E-state index in [-0.39, 0.29) is 0 Å². The Balaban J connectivity index is 1.84. The second-order valence-electron chi connectivity index (χ2n) is 5.25. The summed E-state index contributed by atoms with van der Waals surface area (Å²) in [6.07, 6.45) is 3.88. The van der Waals surface area contributed by atoms with Crippen LogP contribution in [-0.4, -0.2) is 22.6 Å². The van der Waals surface area contributed by atoms with Gasteiger partial charge in [-0.25, -0.2) is 4.98 Å². The Morgan fingerprint density at radius 3 is 2.86 bits per heavy atom. The highest BCUT2D eigenvalue weighted by Gasteiger charge is 2.06. The van der Waals surface area contributed by atoms with Gasteiger partial charge >= 0.3 is 0 Å². The normalized spacial score (nSPS) is 11.9. The van der Waals surface area contributed by atoms with Crippen molar-refractivity contribution in [2.45, 2.75) is 33.5 Å². The standard InChI is InChI=1S/C15H23N5S/c1-12(2)11-20-7-6-17-14(20)10-19-15(16-3)18-9-13-5-4-8-21-13/h4-8,12H,9-11H2,1-3H3,(H2,16,18,19). The first-order valence-electron chi connectivity index (χ1n) is 7.16. The number of rotatable bonds is 6. The minimum atomic E-state index is 0.606. The summed E-state index contributed by atoms with van der Waals surface area (Å²) >= 11 is 1.74. The van der Waals surface area contributed by atoms with Crippen LogP contribution in [0.1, 0.15) is 24.5 Å². The summed E-state index contributed by atoms with van der Waals surface area (Å²) in [5, 5.41) is 8.69. The molecule has 0 aromatic carbocycles. The fraction of sp³-hybridized carbons (Fsp3) is 0.467. The first-order chi connectivity index (χ1) is 10.2. The van der Waals surface area contributed by atoms with Gasteiger partial charge in [-0.3, -0.25) is 4.99 Å². The molecule has 0 atom stereocenters. The Labute approximate surface area is 130 Å². The number of imidazole rings is 1. The van der Waals surface area contributed by atoms with Crippen LogP contribution < -0.4 is 10.6 Å². The molecule has 0 bridgehead atoms. The molecule has 0 spiro atoms. The number of guanidine groups is 1. The van der Waals surface area contributed by atoms with E-state index >= 15 is 0 Å². The van der Waals surface area contributed by atoms with Gasteiger partial charge in [0.25, 0.3) is 0 Å². The molecule has 0 aliphatic rings. The molecule has 0 aliphatic heterocycles. The van der Waals surface area contributed by atoms with Gasteiger partial charge in [-0.2, -0.15) is 0 Å². The van der Waals surface area contributed by atoms with Crippen molar-refractivity contribution in [2.75, 3.05) is 7.05 Å². The van der Waals surface area contributed by atoms with Gasteiger partial charge in [0.2, 0.25) is 0 Å². The van der Waals surface area contributed by atoms with E-state index in [2.05, 4.69) is 56.5 Å². The van der Waals surface area contributed by atoms with E-state index in [1.165, 1.54) is 4.88 Å². The predicted molar refractivity (Wildman–Crippen MR) is 88.4 cm³/mol. The number of aromatic nitrogens is 2. The lowest BCUT2D eigenvalue weighted by Gasteiger charge is -2.13. The van der Waals surface area contributed by atoms with Crippen molar-refractivity contribution < 1.29 is 0 Å². The smallest absolute Gasteiger partial charge is 0.191 e. The molecule has 6 heteroatoms. The Morgan fingerprint density at radius 1 is 1.38 bits per heavy atom. The van der Waals surface area contributed by atoms with Crippen LogP contribution in [-0.2, 0) is 19.6 Å². The van der Waals surface area contributed by atoms with Crippen molar-refractivity contribution in [1.82, 2.24) is 20.2 Å². The van der Waals surface area contributed by atoms with Gasteiger partial charge in [-0.1, -0.05) is 19.9 Å². The zero-order chi connectivity index (χ0) is 15.1. The first kappa shape index (κ1) is 15.6. The van der Waals surface area contributed by atoms with Crippen LogP contribution in [0.4, 0.5) is 0 Å². The summed E-state index contributed by atoms with van der Waals surface area (Å²) in [6.45, 7) is 6.86. The quantitative estimate of drug-likeness (QED) is 0.637. The largest absolute Gasteiger partial charge is 0.352 e. The van der Waals surface area contributed by atoms with E-state index in [4.69, 9.17) is 0 Å². The second kappa shape index (κ2) is 7.83. The lowest BCUT2D eigenvalue weighted by atomic mass is 10.2. The third-order valence-electron chi connectivity index (χ3n) is 3.01. The number of aliphatic imine (C=N–C) groups is 1. The van der Waals surface area contributed by atoms with Crippen LogP contribution in [0.3, 0.4) is 0 Å². The molecular formula is C15H23N5S. The molecule has 0 radical (unpaired) electrons. The molecular weight excluding hydrogens is 282 g/mol. The molecule has 114 valence electrons. The summed E-state index contributed by atoms with van der Waals surface area (Å²) in [6, 6.07) is 4.17.